The molecule has 1 aromatic rings. The lowest BCUT2D eigenvalue weighted by molar-refractivity contribution is 0.0656. The first-order valence-corrected chi connectivity index (χ1v) is 8.09. The van der Waals surface area contributed by atoms with E-state index in [9.17, 15) is 0 Å². The van der Waals surface area contributed by atoms with Crippen LogP contribution in [-0.2, 0) is 4.74 Å². The van der Waals surface area contributed by atoms with Crippen LogP contribution < -0.4 is 10.5 Å². The van der Waals surface area contributed by atoms with E-state index in [0.29, 0.717) is 18.4 Å². The predicted molar refractivity (Wildman–Crippen MR) is 81.3 cm³/mol. The summed E-state index contributed by atoms with van der Waals surface area (Å²) in [5, 5.41) is 0. The topological polar surface area (TPSA) is 70.3 Å². The first kappa shape index (κ1) is 14.6. The molecular formula is C16H25N3O2. The predicted octanol–water partition coefficient (Wildman–Crippen LogP) is 2.91. The standard InChI is InChI=1S/C16H25N3O2/c1-11-4-6-12(7-5-11)14-9-18-16(17)19-15(14)21-10-13-3-2-8-20-13/h9,11-13H,2-8,10H2,1H3,(H2,17,18,19)/t11-,12-,13-/m1/s1. The molecular weight excluding hydrogens is 266 g/mol. The van der Waals surface area contributed by atoms with Gasteiger partial charge in [-0.3, -0.25) is 0 Å². The second kappa shape index (κ2) is 6.60. The summed E-state index contributed by atoms with van der Waals surface area (Å²) in [6.45, 7) is 3.73. The van der Waals surface area contributed by atoms with E-state index in [1.165, 1.54) is 25.7 Å². The van der Waals surface area contributed by atoms with E-state index in [-0.39, 0.29) is 12.1 Å². The molecule has 2 fully saturated rings. The molecule has 1 aliphatic carbocycles. The lowest BCUT2D eigenvalue weighted by Gasteiger charge is -2.27. The summed E-state index contributed by atoms with van der Waals surface area (Å²) in [5.41, 5.74) is 6.85. The van der Waals surface area contributed by atoms with Crippen LogP contribution in [0.25, 0.3) is 0 Å². The second-order valence-electron chi connectivity index (χ2n) is 6.39. The number of hydrogen-bond acceptors (Lipinski definition) is 5. The van der Waals surface area contributed by atoms with Crippen LogP contribution in [0.4, 0.5) is 5.95 Å². The van der Waals surface area contributed by atoms with Crippen molar-refractivity contribution in [3.05, 3.63) is 11.8 Å². The van der Waals surface area contributed by atoms with Crippen molar-refractivity contribution in [2.24, 2.45) is 5.92 Å². The number of aromatic nitrogens is 2. The third-order valence-electron chi connectivity index (χ3n) is 4.68. The molecule has 5 heteroatoms. The Morgan fingerprint density at radius 2 is 2.10 bits per heavy atom. The molecule has 1 saturated carbocycles. The van der Waals surface area contributed by atoms with E-state index < -0.39 is 0 Å². The van der Waals surface area contributed by atoms with Crippen LogP contribution in [0.2, 0.25) is 0 Å². The van der Waals surface area contributed by atoms with Gasteiger partial charge in [0.2, 0.25) is 11.8 Å². The zero-order valence-corrected chi connectivity index (χ0v) is 12.8. The number of nitrogens with zero attached hydrogens (tertiary/aromatic N) is 2. The lowest BCUT2D eigenvalue weighted by Crippen LogP contribution is -2.19. The molecule has 2 heterocycles. The van der Waals surface area contributed by atoms with E-state index in [2.05, 4.69) is 16.9 Å². The molecule has 116 valence electrons. The number of hydrogen-bond donors (Lipinski definition) is 1. The molecule has 3 rings (SSSR count). The fourth-order valence-corrected chi connectivity index (χ4v) is 3.30. The third kappa shape index (κ3) is 3.64. The summed E-state index contributed by atoms with van der Waals surface area (Å²) in [6.07, 6.45) is 9.13. The highest BCUT2D eigenvalue weighted by Gasteiger charge is 2.25. The van der Waals surface area contributed by atoms with Crippen molar-refractivity contribution in [3.8, 4) is 5.88 Å². The van der Waals surface area contributed by atoms with Gasteiger partial charge in [-0.25, -0.2) is 4.98 Å². The quantitative estimate of drug-likeness (QED) is 0.923. The van der Waals surface area contributed by atoms with Gasteiger partial charge in [-0.2, -0.15) is 4.98 Å². The van der Waals surface area contributed by atoms with Crippen LogP contribution in [0.3, 0.4) is 0 Å². The molecule has 0 radical (unpaired) electrons. The van der Waals surface area contributed by atoms with Crippen molar-refractivity contribution >= 4 is 5.95 Å². The van der Waals surface area contributed by atoms with Crippen molar-refractivity contribution in [1.82, 2.24) is 9.97 Å². The van der Waals surface area contributed by atoms with E-state index >= 15 is 0 Å². The van der Waals surface area contributed by atoms with E-state index in [1.54, 1.807) is 0 Å². The van der Waals surface area contributed by atoms with Gasteiger partial charge in [0.1, 0.15) is 6.61 Å². The highest BCUT2D eigenvalue weighted by atomic mass is 16.5. The van der Waals surface area contributed by atoms with Crippen molar-refractivity contribution in [1.29, 1.82) is 0 Å². The SMILES string of the molecule is C[C@H]1CC[C@H](c2cnc(N)nc2OC[C@H]2CCCO2)CC1. The summed E-state index contributed by atoms with van der Waals surface area (Å²) in [4.78, 5) is 8.49. The highest BCUT2D eigenvalue weighted by molar-refractivity contribution is 5.33. The Labute approximate surface area is 126 Å². The zero-order chi connectivity index (χ0) is 14.7. The largest absolute Gasteiger partial charge is 0.475 e. The van der Waals surface area contributed by atoms with Gasteiger partial charge in [0.15, 0.2) is 0 Å². The third-order valence-corrected chi connectivity index (χ3v) is 4.68. The van der Waals surface area contributed by atoms with Crippen LogP contribution in [0.15, 0.2) is 6.20 Å². The van der Waals surface area contributed by atoms with Gasteiger partial charge in [0, 0.05) is 18.4 Å². The van der Waals surface area contributed by atoms with Gasteiger partial charge < -0.3 is 15.2 Å². The average molecular weight is 291 g/mol. The molecule has 1 aliphatic heterocycles. The molecule has 21 heavy (non-hydrogen) atoms. The molecule has 0 spiro atoms. The van der Waals surface area contributed by atoms with Crippen LogP contribution in [0.5, 0.6) is 5.88 Å². The van der Waals surface area contributed by atoms with Crippen molar-refractivity contribution in [2.45, 2.75) is 57.5 Å². The van der Waals surface area contributed by atoms with E-state index in [4.69, 9.17) is 15.2 Å². The smallest absolute Gasteiger partial charge is 0.223 e. The molecule has 0 unspecified atom stereocenters. The van der Waals surface area contributed by atoms with Crippen molar-refractivity contribution < 1.29 is 9.47 Å². The maximum Gasteiger partial charge on any atom is 0.223 e. The Hall–Kier alpha value is -1.36. The summed E-state index contributed by atoms with van der Waals surface area (Å²) < 4.78 is 11.5. The maximum absolute atomic E-state index is 5.93. The lowest BCUT2D eigenvalue weighted by atomic mass is 9.80. The Bertz CT molecular complexity index is 467. The minimum absolute atomic E-state index is 0.195. The monoisotopic (exact) mass is 291 g/mol. The highest BCUT2D eigenvalue weighted by Crippen LogP contribution is 2.38. The van der Waals surface area contributed by atoms with Gasteiger partial charge in [-0.1, -0.05) is 19.8 Å². The minimum atomic E-state index is 0.195. The summed E-state index contributed by atoms with van der Waals surface area (Å²) in [6, 6.07) is 0. The molecule has 5 nitrogen and oxygen atoms in total. The van der Waals surface area contributed by atoms with Crippen LogP contribution in [-0.4, -0.2) is 29.3 Å². The minimum Gasteiger partial charge on any atom is -0.475 e. The van der Waals surface area contributed by atoms with Crippen LogP contribution in [0, 0.1) is 5.92 Å². The number of anilines is 1. The van der Waals surface area contributed by atoms with Gasteiger partial charge in [0.25, 0.3) is 0 Å². The normalized spacial score (nSPS) is 29.5. The number of nitrogens with two attached hydrogens (primary N) is 1. The van der Waals surface area contributed by atoms with Crippen molar-refractivity contribution in [2.75, 3.05) is 18.9 Å². The molecule has 1 aromatic heterocycles. The summed E-state index contributed by atoms with van der Waals surface area (Å²) >= 11 is 0. The molecule has 2 aliphatic rings. The Balaban J connectivity index is 1.69. The Kier molecular flexibility index (Phi) is 4.58. The molecule has 0 aromatic carbocycles. The van der Waals surface area contributed by atoms with Crippen LogP contribution in [0.1, 0.15) is 56.9 Å². The van der Waals surface area contributed by atoms with Crippen LogP contribution >= 0.6 is 0 Å². The van der Waals surface area contributed by atoms with Gasteiger partial charge in [-0.15, -0.1) is 0 Å². The van der Waals surface area contributed by atoms with Crippen molar-refractivity contribution in [3.63, 3.8) is 0 Å². The molecule has 1 atom stereocenters. The molecule has 0 bridgehead atoms. The Morgan fingerprint density at radius 1 is 1.29 bits per heavy atom. The first-order chi connectivity index (χ1) is 10.2. The number of rotatable bonds is 4. The van der Waals surface area contributed by atoms with Gasteiger partial charge in [-0.05, 0) is 37.5 Å². The number of ether oxygens (including phenoxy) is 2. The Morgan fingerprint density at radius 3 is 2.81 bits per heavy atom. The zero-order valence-electron chi connectivity index (χ0n) is 12.8. The summed E-state index contributed by atoms with van der Waals surface area (Å²) in [7, 11) is 0. The fourth-order valence-electron chi connectivity index (χ4n) is 3.30. The fraction of sp³-hybridized carbons (Fsp3) is 0.750. The van der Waals surface area contributed by atoms with E-state index in [0.717, 1.165) is 30.9 Å². The van der Waals surface area contributed by atoms with Gasteiger partial charge >= 0.3 is 0 Å². The molecule has 0 amide bonds. The first-order valence-electron chi connectivity index (χ1n) is 8.09. The number of nitrogen functional groups attached to an aromatic ring is 1. The molecule has 2 N–H and O–H groups in total. The van der Waals surface area contributed by atoms with Gasteiger partial charge in [0.05, 0.1) is 6.10 Å². The average Bonchev–Trinajstić information content (AvgIpc) is 3.00. The maximum atomic E-state index is 5.93. The van der Waals surface area contributed by atoms with E-state index in [1.807, 2.05) is 6.20 Å². The second-order valence-corrected chi connectivity index (χ2v) is 6.39. The summed E-state index contributed by atoms with van der Waals surface area (Å²) in [5.74, 6) is 2.27. The molecule has 1 saturated heterocycles.